The van der Waals surface area contributed by atoms with E-state index < -0.39 is 26.8 Å². The maximum atomic E-state index is 13.6. The molecule has 0 aliphatic carbocycles. The average Bonchev–Trinajstić information content (AvgIpc) is 2.66. The maximum absolute atomic E-state index is 13.6. The highest BCUT2D eigenvalue weighted by molar-refractivity contribution is 7.90. The molecule has 1 aromatic heterocycles. The Hall–Kier alpha value is -3.66. The molecule has 2 amide bonds. The van der Waals surface area contributed by atoms with Crippen LogP contribution in [0, 0.1) is 18.2 Å². The lowest BCUT2D eigenvalue weighted by atomic mass is 10.3. The van der Waals surface area contributed by atoms with Gasteiger partial charge in [-0.15, -0.1) is 6.42 Å². The van der Waals surface area contributed by atoms with Crippen molar-refractivity contribution in [3.63, 3.8) is 0 Å². The van der Waals surface area contributed by atoms with Crippen LogP contribution in [0.25, 0.3) is 0 Å². The minimum Gasteiger partial charge on any atom is -0.480 e. The van der Waals surface area contributed by atoms with Crippen molar-refractivity contribution in [3.8, 4) is 24.1 Å². The van der Waals surface area contributed by atoms with Gasteiger partial charge in [0.1, 0.15) is 23.1 Å². The van der Waals surface area contributed by atoms with Crippen molar-refractivity contribution < 1.29 is 27.1 Å². The molecule has 2 aromatic rings. The lowest BCUT2D eigenvalue weighted by Gasteiger charge is -2.14. The summed E-state index contributed by atoms with van der Waals surface area (Å²) in [5, 5.41) is 2.17. The predicted octanol–water partition coefficient (Wildman–Crippen LogP) is 0.998. The standard InChI is InChI=1S/C17H19FN6O5S/c1-5-9-29-12-8-7-11(18)10-13(12)30(26,27)23-16(25)20-14-19-15(24(3)4)22-17(21-14)28-6-2/h1,7-8,10H,6,9H2,2-4H3,(H2,19,20,21,22,23,25). The predicted molar refractivity (Wildman–Crippen MR) is 105 cm³/mol. The topological polar surface area (TPSA) is 136 Å². The number of terminal acetylenes is 1. The van der Waals surface area contributed by atoms with Crippen LogP contribution in [0.2, 0.25) is 0 Å². The van der Waals surface area contributed by atoms with E-state index in [0.29, 0.717) is 6.07 Å². The van der Waals surface area contributed by atoms with Crippen LogP contribution in [0.4, 0.5) is 21.1 Å². The highest BCUT2D eigenvalue weighted by atomic mass is 32.2. The van der Waals surface area contributed by atoms with E-state index >= 15 is 0 Å². The second kappa shape index (κ2) is 9.70. The summed E-state index contributed by atoms with van der Waals surface area (Å²) in [7, 11) is -1.21. The zero-order valence-corrected chi connectivity index (χ0v) is 17.2. The number of halogens is 1. The molecule has 30 heavy (non-hydrogen) atoms. The first-order valence-electron chi connectivity index (χ1n) is 8.42. The zero-order valence-electron chi connectivity index (χ0n) is 16.3. The van der Waals surface area contributed by atoms with Crippen LogP contribution in [0.5, 0.6) is 11.8 Å². The van der Waals surface area contributed by atoms with Gasteiger partial charge in [0, 0.05) is 14.1 Å². The number of ether oxygens (including phenoxy) is 2. The van der Waals surface area contributed by atoms with Gasteiger partial charge in [-0.25, -0.2) is 22.3 Å². The highest BCUT2D eigenvalue weighted by Gasteiger charge is 2.24. The molecule has 2 rings (SSSR count). The van der Waals surface area contributed by atoms with E-state index in [-0.39, 0.29) is 36.9 Å². The number of benzene rings is 1. The first kappa shape index (κ1) is 22.6. The van der Waals surface area contributed by atoms with Crippen LogP contribution in [0.3, 0.4) is 0 Å². The van der Waals surface area contributed by atoms with Gasteiger partial charge in [-0.2, -0.15) is 15.0 Å². The molecule has 0 fully saturated rings. The lowest BCUT2D eigenvalue weighted by molar-refractivity contribution is 0.256. The third kappa shape index (κ3) is 5.92. The summed E-state index contributed by atoms with van der Waals surface area (Å²) in [5.41, 5.74) is 0. The molecule has 0 saturated carbocycles. The smallest absolute Gasteiger partial charge is 0.335 e. The number of anilines is 2. The second-order valence-corrected chi connectivity index (χ2v) is 7.36. The van der Waals surface area contributed by atoms with Crippen LogP contribution in [-0.4, -0.2) is 56.7 Å². The van der Waals surface area contributed by atoms with Gasteiger partial charge in [0.2, 0.25) is 11.9 Å². The van der Waals surface area contributed by atoms with Crippen molar-refractivity contribution in [1.29, 1.82) is 0 Å². The van der Waals surface area contributed by atoms with Gasteiger partial charge in [-0.3, -0.25) is 5.32 Å². The molecule has 2 N–H and O–H groups in total. The third-order valence-electron chi connectivity index (χ3n) is 3.24. The van der Waals surface area contributed by atoms with Crippen molar-refractivity contribution >= 4 is 28.0 Å². The van der Waals surface area contributed by atoms with E-state index in [2.05, 4.69) is 26.2 Å². The van der Waals surface area contributed by atoms with Gasteiger partial charge >= 0.3 is 12.0 Å². The van der Waals surface area contributed by atoms with Gasteiger partial charge in [0.25, 0.3) is 10.0 Å². The van der Waals surface area contributed by atoms with E-state index in [1.165, 1.54) is 4.90 Å². The molecule has 0 aliphatic rings. The molecule has 0 saturated heterocycles. The molecule has 0 aliphatic heterocycles. The fourth-order valence-corrected chi connectivity index (χ4v) is 3.09. The summed E-state index contributed by atoms with van der Waals surface area (Å²) in [6, 6.07) is 1.52. The Bertz CT molecular complexity index is 1070. The largest absolute Gasteiger partial charge is 0.480 e. The van der Waals surface area contributed by atoms with Crippen LogP contribution in [0.1, 0.15) is 6.92 Å². The number of aromatic nitrogens is 3. The molecule has 0 spiro atoms. The molecule has 0 unspecified atom stereocenters. The Morgan fingerprint density at radius 2 is 2.00 bits per heavy atom. The van der Waals surface area contributed by atoms with Gasteiger partial charge in [0.15, 0.2) is 0 Å². The first-order chi connectivity index (χ1) is 14.2. The fourth-order valence-electron chi connectivity index (χ4n) is 2.03. The number of sulfonamides is 1. The molecule has 0 radical (unpaired) electrons. The zero-order chi connectivity index (χ0) is 22.3. The van der Waals surface area contributed by atoms with Crippen molar-refractivity contribution in [2.75, 3.05) is 37.5 Å². The van der Waals surface area contributed by atoms with E-state index in [9.17, 15) is 17.6 Å². The monoisotopic (exact) mass is 438 g/mol. The van der Waals surface area contributed by atoms with Crippen LogP contribution in [-0.2, 0) is 10.0 Å². The molecule has 160 valence electrons. The fraction of sp³-hybridized carbons (Fsp3) is 0.294. The Kier molecular flexibility index (Phi) is 7.32. The van der Waals surface area contributed by atoms with Crippen LogP contribution in [0.15, 0.2) is 23.1 Å². The lowest BCUT2D eigenvalue weighted by Crippen LogP contribution is -2.35. The molecule has 1 aromatic carbocycles. The van der Waals surface area contributed by atoms with Crippen LogP contribution >= 0.6 is 0 Å². The summed E-state index contributed by atoms with van der Waals surface area (Å²) in [6.45, 7) is 1.72. The number of nitrogens with one attached hydrogen (secondary N) is 2. The number of carbonyl (C=O) groups is 1. The molecule has 11 nitrogen and oxygen atoms in total. The quantitative estimate of drug-likeness (QED) is 0.579. The van der Waals surface area contributed by atoms with Gasteiger partial charge in [0.05, 0.1) is 6.61 Å². The normalized spacial score (nSPS) is 10.6. The second-order valence-electron chi connectivity index (χ2n) is 5.71. The Morgan fingerprint density at radius 1 is 1.27 bits per heavy atom. The molecular formula is C17H19FN6O5S. The van der Waals surface area contributed by atoms with Gasteiger partial charge in [-0.1, -0.05) is 5.92 Å². The number of hydrogen-bond acceptors (Lipinski definition) is 9. The SMILES string of the molecule is C#CCOc1ccc(F)cc1S(=O)(=O)NC(=O)Nc1nc(OCC)nc(N(C)C)n1. The van der Waals surface area contributed by atoms with E-state index in [1.807, 2.05) is 0 Å². The molecule has 0 atom stereocenters. The van der Waals surface area contributed by atoms with Crippen LogP contribution < -0.4 is 24.4 Å². The number of rotatable bonds is 8. The average molecular weight is 438 g/mol. The molecule has 1 heterocycles. The summed E-state index contributed by atoms with van der Waals surface area (Å²) in [6.07, 6.45) is 5.09. The Morgan fingerprint density at radius 3 is 2.63 bits per heavy atom. The minimum atomic E-state index is -4.52. The van der Waals surface area contributed by atoms with E-state index in [4.69, 9.17) is 15.9 Å². The molecule has 13 heteroatoms. The van der Waals surface area contributed by atoms with E-state index in [1.54, 1.807) is 25.7 Å². The first-order valence-corrected chi connectivity index (χ1v) is 9.90. The maximum Gasteiger partial charge on any atom is 0.335 e. The number of nitrogens with zero attached hydrogens (tertiary/aromatic N) is 4. The minimum absolute atomic E-state index is 0.0653. The highest BCUT2D eigenvalue weighted by Crippen LogP contribution is 2.24. The van der Waals surface area contributed by atoms with Crippen molar-refractivity contribution in [1.82, 2.24) is 19.7 Å². The number of hydrogen-bond donors (Lipinski definition) is 2. The number of carbonyl (C=O) groups excluding carboxylic acids is 1. The van der Waals surface area contributed by atoms with Crippen molar-refractivity contribution in [2.45, 2.75) is 11.8 Å². The number of urea groups is 1. The summed E-state index contributed by atoms with van der Waals surface area (Å²) < 4.78 is 50.7. The van der Waals surface area contributed by atoms with Gasteiger partial charge in [-0.05, 0) is 25.1 Å². The van der Waals surface area contributed by atoms with Crippen molar-refractivity contribution in [3.05, 3.63) is 24.0 Å². The summed E-state index contributed by atoms with van der Waals surface area (Å²) in [4.78, 5) is 25.0. The number of amides is 2. The summed E-state index contributed by atoms with van der Waals surface area (Å²) >= 11 is 0. The van der Waals surface area contributed by atoms with Gasteiger partial charge < -0.3 is 14.4 Å². The Labute approximate surface area is 172 Å². The molecule has 0 bridgehead atoms. The van der Waals surface area contributed by atoms with Crippen molar-refractivity contribution in [2.24, 2.45) is 0 Å². The summed E-state index contributed by atoms with van der Waals surface area (Å²) in [5.74, 6) is 1.01. The molecular weight excluding hydrogens is 419 g/mol. The van der Waals surface area contributed by atoms with E-state index in [0.717, 1.165) is 12.1 Å². The third-order valence-corrected chi connectivity index (χ3v) is 4.59. The Balaban J connectivity index is 2.26.